The normalized spacial score (nSPS) is 17.1. The van der Waals surface area contributed by atoms with Crippen LogP contribution in [0.2, 0.25) is 5.02 Å². The van der Waals surface area contributed by atoms with Crippen LogP contribution in [0, 0.1) is 0 Å². The number of aromatic nitrogens is 1. The Labute approximate surface area is 158 Å². The first-order valence-electron chi connectivity index (χ1n) is 8.10. The largest absolute Gasteiger partial charge is 0.497 e. The monoisotopic (exact) mass is 400 g/mol. The van der Waals surface area contributed by atoms with E-state index >= 15 is 0 Å². The number of rotatable bonds is 4. The van der Waals surface area contributed by atoms with Gasteiger partial charge in [0, 0.05) is 19.2 Å². The Morgan fingerprint density at radius 1 is 1.30 bits per heavy atom. The number of esters is 1. The van der Waals surface area contributed by atoms with Crippen molar-refractivity contribution in [1.29, 1.82) is 0 Å². The van der Waals surface area contributed by atoms with Crippen LogP contribution in [0.1, 0.15) is 22.3 Å². The van der Waals surface area contributed by atoms with Gasteiger partial charge in [-0.1, -0.05) is 11.6 Å². The van der Waals surface area contributed by atoms with Gasteiger partial charge in [0.15, 0.2) is 0 Å². The van der Waals surface area contributed by atoms with Gasteiger partial charge in [-0.05, 0) is 30.3 Å². The van der Waals surface area contributed by atoms with Crippen LogP contribution in [0.25, 0.3) is 0 Å². The molecule has 27 heavy (non-hydrogen) atoms. The number of hydrogen-bond donors (Lipinski definition) is 0. The van der Waals surface area contributed by atoms with Crippen LogP contribution in [0.4, 0.5) is 19.0 Å². The summed E-state index contributed by atoms with van der Waals surface area (Å²) in [5, 5.41) is -0.0908. The number of alkyl halides is 3. The number of ether oxygens (including phenoxy) is 2. The van der Waals surface area contributed by atoms with Gasteiger partial charge >= 0.3 is 12.1 Å². The molecule has 1 aliphatic rings. The van der Waals surface area contributed by atoms with Gasteiger partial charge in [0.1, 0.15) is 17.7 Å². The Morgan fingerprint density at radius 3 is 2.59 bits per heavy atom. The molecule has 0 N–H and O–H groups in total. The number of hydrogen-bond acceptors (Lipinski definition) is 5. The van der Waals surface area contributed by atoms with Crippen molar-refractivity contribution in [2.45, 2.75) is 18.7 Å². The van der Waals surface area contributed by atoms with Crippen LogP contribution >= 0.6 is 11.6 Å². The van der Waals surface area contributed by atoms with E-state index in [-0.39, 0.29) is 10.8 Å². The van der Waals surface area contributed by atoms with E-state index < -0.39 is 23.8 Å². The van der Waals surface area contributed by atoms with E-state index in [1.807, 2.05) is 0 Å². The average Bonchev–Trinajstić information content (AvgIpc) is 3.09. The summed E-state index contributed by atoms with van der Waals surface area (Å²) in [7, 11) is 1.53. The number of methoxy groups -OCH3 is 1. The molecule has 1 aliphatic heterocycles. The minimum Gasteiger partial charge on any atom is -0.497 e. The molecule has 1 fully saturated rings. The zero-order chi connectivity index (χ0) is 19.6. The molecule has 1 aromatic heterocycles. The lowest BCUT2D eigenvalue weighted by molar-refractivity contribution is -0.137. The molecule has 0 radical (unpaired) electrons. The molecule has 1 aromatic carbocycles. The summed E-state index contributed by atoms with van der Waals surface area (Å²) in [5.74, 6) is 0.394. The Hall–Kier alpha value is -2.48. The van der Waals surface area contributed by atoms with Crippen LogP contribution in [0.15, 0.2) is 36.5 Å². The van der Waals surface area contributed by atoms with Gasteiger partial charge in [0.2, 0.25) is 0 Å². The lowest BCUT2D eigenvalue weighted by atomic mass is 10.2. The third kappa shape index (κ3) is 4.44. The topological polar surface area (TPSA) is 51.7 Å². The first-order valence-corrected chi connectivity index (χ1v) is 8.48. The highest BCUT2D eigenvalue weighted by molar-refractivity contribution is 6.33. The molecule has 1 atom stereocenters. The predicted octanol–water partition coefficient (Wildman–Crippen LogP) is 4.20. The first-order chi connectivity index (χ1) is 12.8. The minimum absolute atomic E-state index is 0.0908. The Balaban J connectivity index is 1.63. The summed E-state index contributed by atoms with van der Waals surface area (Å²) in [4.78, 5) is 17.8. The lowest BCUT2D eigenvalue weighted by Gasteiger charge is -2.19. The van der Waals surface area contributed by atoms with Crippen molar-refractivity contribution < 1.29 is 27.4 Å². The van der Waals surface area contributed by atoms with Crippen LogP contribution in [-0.4, -0.2) is 37.3 Å². The molecule has 0 bridgehead atoms. The third-order valence-electron chi connectivity index (χ3n) is 4.19. The molecule has 0 spiro atoms. The lowest BCUT2D eigenvalue weighted by Crippen LogP contribution is -2.26. The first kappa shape index (κ1) is 19.3. The maximum Gasteiger partial charge on any atom is 0.417 e. The molecule has 3 rings (SSSR count). The fraction of sp³-hybridized carbons (Fsp3) is 0.333. The molecular formula is C18H16ClF3N2O3. The van der Waals surface area contributed by atoms with Crippen LogP contribution in [0.5, 0.6) is 5.75 Å². The molecule has 0 amide bonds. The van der Waals surface area contributed by atoms with Crippen molar-refractivity contribution in [3.8, 4) is 5.75 Å². The molecule has 5 nitrogen and oxygen atoms in total. The highest BCUT2D eigenvalue weighted by Crippen LogP contribution is 2.34. The fourth-order valence-electron chi connectivity index (χ4n) is 2.78. The predicted molar refractivity (Wildman–Crippen MR) is 93.3 cm³/mol. The number of carbonyl (C=O) groups excluding carboxylic acids is 1. The van der Waals surface area contributed by atoms with Crippen molar-refractivity contribution in [2.24, 2.45) is 0 Å². The van der Waals surface area contributed by atoms with Crippen molar-refractivity contribution in [3.05, 3.63) is 52.7 Å². The second-order valence-corrected chi connectivity index (χ2v) is 6.42. The number of halogens is 4. The van der Waals surface area contributed by atoms with Gasteiger partial charge in [-0.15, -0.1) is 0 Å². The SMILES string of the molecule is COc1ccc(C(=O)O[C@H]2CCN(c3ncc(C(F)(F)F)cc3Cl)C2)cc1. The molecule has 144 valence electrons. The molecule has 1 saturated heterocycles. The summed E-state index contributed by atoms with van der Waals surface area (Å²) in [6.07, 6.45) is -3.63. The van der Waals surface area contributed by atoms with E-state index in [9.17, 15) is 18.0 Å². The summed E-state index contributed by atoms with van der Waals surface area (Å²) in [6.45, 7) is 0.776. The maximum absolute atomic E-state index is 12.7. The van der Waals surface area contributed by atoms with Crippen molar-refractivity contribution in [1.82, 2.24) is 4.98 Å². The molecule has 0 unspecified atom stereocenters. The van der Waals surface area contributed by atoms with E-state index in [1.54, 1.807) is 29.2 Å². The van der Waals surface area contributed by atoms with E-state index in [0.717, 1.165) is 12.3 Å². The average molecular weight is 401 g/mol. The van der Waals surface area contributed by atoms with Gasteiger partial charge in [-0.2, -0.15) is 13.2 Å². The summed E-state index contributed by atoms with van der Waals surface area (Å²) >= 11 is 5.97. The van der Waals surface area contributed by atoms with Crippen LogP contribution in [0.3, 0.4) is 0 Å². The van der Waals surface area contributed by atoms with Crippen molar-refractivity contribution >= 4 is 23.4 Å². The fourth-order valence-corrected chi connectivity index (χ4v) is 3.07. The third-order valence-corrected chi connectivity index (χ3v) is 4.47. The van der Waals surface area contributed by atoms with Gasteiger partial charge < -0.3 is 14.4 Å². The summed E-state index contributed by atoms with van der Waals surface area (Å²) < 4.78 is 48.6. The molecule has 0 saturated carbocycles. The van der Waals surface area contributed by atoms with Crippen LogP contribution < -0.4 is 9.64 Å². The van der Waals surface area contributed by atoms with Gasteiger partial charge in [0.25, 0.3) is 0 Å². The Bertz CT molecular complexity index is 828. The number of benzene rings is 1. The second-order valence-electron chi connectivity index (χ2n) is 6.02. The smallest absolute Gasteiger partial charge is 0.417 e. The van der Waals surface area contributed by atoms with Crippen molar-refractivity contribution in [3.63, 3.8) is 0 Å². The maximum atomic E-state index is 12.7. The highest BCUT2D eigenvalue weighted by atomic mass is 35.5. The number of pyridine rings is 1. The molecule has 9 heteroatoms. The van der Waals surface area contributed by atoms with Crippen LogP contribution in [-0.2, 0) is 10.9 Å². The van der Waals surface area contributed by atoms with E-state index in [4.69, 9.17) is 21.1 Å². The standard InChI is InChI=1S/C18H16ClF3N2O3/c1-26-13-4-2-11(3-5-13)17(25)27-14-6-7-24(10-14)16-15(19)8-12(9-23-16)18(20,21)22/h2-5,8-9,14H,6-7,10H2,1H3/t14-/m0/s1. The summed E-state index contributed by atoms with van der Waals surface area (Å²) in [5.41, 5.74) is -0.516. The van der Waals surface area contributed by atoms with E-state index in [0.29, 0.717) is 30.8 Å². The van der Waals surface area contributed by atoms with Gasteiger partial charge in [-0.25, -0.2) is 9.78 Å². The molecule has 2 heterocycles. The molecular weight excluding hydrogens is 385 g/mol. The quantitative estimate of drug-likeness (QED) is 0.720. The van der Waals surface area contributed by atoms with Gasteiger partial charge in [0.05, 0.1) is 29.8 Å². The van der Waals surface area contributed by atoms with E-state index in [1.165, 1.54) is 7.11 Å². The molecule has 2 aromatic rings. The Kier molecular flexibility index (Phi) is 5.46. The van der Waals surface area contributed by atoms with E-state index in [2.05, 4.69) is 4.98 Å². The number of nitrogens with zero attached hydrogens (tertiary/aromatic N) is 2. The zero-order valence-corrected chi connectivity index (χ0v) is 15.0. The molecule has 0 aliphatic carbocycles. The Morgan fingerprint density at radius 2 is 2.00 bits per heavy atom. The number of anilines is 1. The minimum atomic E-state index is -4.50. The highest BCUT2D eigenvalue weighted by Gasteiger charge is 2.33. The second kappa shape index (κ2) is 7.64. The summed E-state index contributed by atoms with van der Waals surface area (Å²) in [6, 6.07) is 7.36. The zero-order valence-electron chi connectivity index (χ0n) is 14.3. The number of carbonyl (C=O) groups is 1. The van der Waals surface area contributed by atoms with Crippen molar-refractivity contribution in [2.75, 3.05) is 25.1 Å². The van der Waals surface area contributed by atoms with Gasteiger partial charge in [-0.3, -0.25) is 0 Å².